The number of nitrogens with zero attached hydrogens (tertiary/aromatic N) is 4. The molecule has 0 N–H and O–H groups in total. The van der Waals surface area contributed by atoms with Crippen molar-refractivity contribution >= 4 is 27.4 Å². The fraction of sp³-hybridized carbons (Fsp3) is 0.615. The first-order valence-corrected chi connectivity index (χ1v) is 8.84. The molecule has 0 radical (unpaired) electrons. The number of alkyl halides is 1. The highest BCUT2D eigenvalue weighted by atomic mass is 35.5. The Hall–Kier alpha value is -0.890. The van der Waals surface area contributed by atoms with Crippen LogP contribution >= 0.6 is 11.6 Å². The Kier molecular flexibility index (Phi) is 5.43. The summed E-state index contributed by atoms with van der Waals surface area (Å²) >= 11 is 5.75. The van der Waals surface area contributed by atoms with Gasteiger partial charge >= 0.3 is 0 Å². The zero-order chi connectivity index (χ0) is 15.5. The second-order valence-electron chi connectivity index (χ2n) is 5.16. The average molecular weight is 333 g/mol. The SMILES string of the molecule is CN(C)S(=O)(=O)c1ccc(N2CCN(CCCl)CC2)nc1. The molecule has 1 aromatic heterocycles. The maximum Gasteiger partial charge on any atom is 0.244 e. The number of sulfonamides is 1. The van der Waals surface area contributed by atoms with Crippen molar-refractivity contribution in [1.29, 1.82) is 0 Å². The minimum atomic E-state index is -3.41. The molecule has 8 heteroatoms. The zero-order valence-electron chi connectivity index (χ0n) is 12.4. The van der Waals surface area contributed by atoms with E-state index in [0.29, 0.717) is 5.88 Å². The van der Waals surface area contributed by atoms with E-state index in [1.54, 1.807) is 12.1 Å². The minimum Gasteiger partial charge on any atom is -0.354 e. The fourth-order valence-corrected chi connectivity index (χ4v) is 3.33. The molecular formula is C13H21ClN4O2S. The summed E-state index contributed by atoms with van der Waals surface area (Å²) in [7, 11) is -0.385. The van der Waals surface area contributed by atoms with Gasteiger partial charge in [0.2, 0.25) is 10.0 Å². The highest BCUT2D eigenvalue weighted by molar-refractivity contribution is 7.89. The summed E-state index contributed by atoms with van der Waals surface area (Å²) in [5.41, 5.74) is 0. The zero-order valence-corrected chi connectivity index (χ0v) is 13.9. The topological polar surface area (TPSA) is 56.8 Å². The first-order chi connectivity index (χ1) is 9.95. The Morgan fingerprint density at radius 3 is 2.38 bits per heavy atom. The molecule has 0 saturated carbocycles. The van der Waals surface area contributed by atoms with Crippen molar-refractivity contribution in [2.45, 2.75) is 4.90 Å². The smallest absolute Gasteiger partial charge is 0.244 e. The lowest BCUT2D eigenvalue weighted by Gasteiger charge is -2.35. The Labute approximate surface area is 131 Å². The Balaban J connectivity index is 2.04. The molecule has 0 bridgehead atoms. The highest BCUT2D eigenvalue weighted by Crippen LogP contribution is 2.17. The van der Waals surface area contributed by atoms with E-state index in [9.17, 15) is 8.42 Å². The van der Waals surface area contributed by atoms with Crippen LogP contribution in [0.25, 0.3) is 0 Å². The van der Waals surface area contributed by atoms with Gasteiger partial charge in [-0.25, -0.2) is 17.7 Å². The van der Waals surface area contributed by atoms with E-state index in [1.165, 1.54) is 24.6 Å². The third-order valence-corrected chi connectivity index (χ3v) is 5.56. The largest absolute Gasteiger partial charge is 0.354 e. The second-order valence-corrected chi connectivity index (χ2v) is 7.69. The third-order valence-electron chi connectivity index (χ3n) is 3.60. The molecule has 1 fully saturated rings. The number of piperazine rings is 1. The van der Waals surface area contributed by atoms with Crippen molar-refractivity contribution in [3.63, 3.8) is 0 Å². The van der Waals surface area contributed by atoms with Gasteiger partial charge in [-0.2, -0.15) is 0 Å². The van der Waals surface area contributed by atoms with Gasteiger partial charge in [-0.15, -0.1) is 11.6 Å². The molecule has 1 aromatic rings. The Morgan fingerprint density at radius 1 is 1.24 bits per heavy atom. The summed E-state index contributed by atoms with van der Waals surface area (Å²) in [6, 6.07) is 3.39. The van der Waals surface area contributed by atoms with Gasteiger partial charge in [0, 0.05) is 58.9 Å². The maximum atomic E-state index is 12.0. The molecule has 0 aliphatic carbocycles. The Bertz CT molecular complexity index is 554. The van der Waals surface area contributed by atoms with Crippen molar-refractivity contribution < 1.29 is 8.42 Å². The number of anilines is 1. The van der Waals surface area contributed by atoms with Crippen LogP contribution in [-0.4, -0.2) is 75.3 Å². The normalized spacial score (nSPS) is 17.4. The summed E-state index contributed by atoms with van der Waals surface area (Å²) in [4.78, 5) is 8.99. The molecule has 0 amide bonds. The van der Waals surface area contributed by atoms with Crippen LogP contribution in [0.2, 0.25) is 0 Å². The number of aromatic nitrogens is 1. The molecule has 6 nitrogen and oxygen atoms in total. The van der Waals surface area contributed by atoms with Crippen LogP contribution in [0.5, 0.6) is 0 Å². The van der Waals surface area contributed by atoms with Crippen molar-refractivity contribution in [3.05, 3.63) is 18.3 Å². The fourth-order valence-electron chi connectivity index (χ4n) is 2.24. The summed E-state index contributed by atoms with van der Waals surface area (Å²) < 4.78 is 25.2. The van der Waals surface area contributed by atoms with E-state index in [2.05, 4.69) is 14.8 Å². The van der Waals surface area contributed by atoms with Crippen LogP contribution in [-0.2, 0) is 10.0 Å². The van der Waals surface area contributed by atoms with Crippen LogP contribution in [0.15, 0.2) is 23.2 Å². The quantitative estimate of drug-likeness (QED) is 0.743. The number of pyridine rings is 1. The molecule has 0 aromatic carbocycles. The predicted octanol–water partition coefficient (Wildman–Crippen LogP) is 0.693. The molecular weight excluding hydrogens is 312 g/mol. The van der Waals surface area contributed by atoms with Crippen LogP contribution < -0.4 is 4.90 Å². The van der Waals surface area contributed by atoms with Crippen molar-refractivity contribution in [2.75, 3.05) is 57.6 Å². The van der Waals surface area contributed by atoms with E-state index >= 15 is 0 Å². The summed E-state index contributed by atoms with van der Waals surface area (Å²) in [6.45, 7) is 4.56. The van der Waals surface area contributed by atoms with E-state index in [4.69, 9.17) is 11.6 Å². The molecule has 2 heterocycles. The van der Waals surface area contributed by atoms with Gasteiger partial charge in [-0.3, -0.25) is 4.90 Å². The maximum absolute atomic E-state index is 12.0. The molecule has 0 unspecified atom stereocenters. The minimum absolute atomic E-state index is 0.219. The number of halogens is 1. The summed E-state index contributed by atoms with van der Waals surface area (Å²) in [5, 5.41) is 0. The predicted molar refractivity (Wildman–Crippen MR) is 84.5 cm³/mol. The summed E-state index contributed by atoms with van der Waals surface area (Å²) in [5.74, 6) is 1.47. The average Bonchev–Trinajstić information content (AvgIpc) is 2.48. The lowest BCUT2D eigenvalue weighted by molar-refractivity contribution is 0.272. The van der Waals surface area contributed by atoms with Gasteiger partial charge in [-0.05, 0) is 12.1 Å². The monoisotopic (exact) mass is 332 g/mol. The number of rotatable bonds is 5. The highest BCUT2D eigenvalue weighted by Gasteiger charge is 2.20. The molecule has 0 atom stereocenters. The van der Waals surface area contributed by atoms with Crippen LogP contribution in [0, 0.1) is 0 Å². The molecule has 21 heavy (non-hydrogen) atoms. The van der Waals surface area contributed by atoms with Gasteiger partial charge in [0.05, 0.1) is 0 Å². The molecule has 2 rings (SSSR count). The van der Waals surface area contributed by atoms with Gasteiger partial charge in [0.25, 0.3) is 0 Å². The lowest BCUT2D eigenvalue weighted by atomic mass is 10.3. The van der Waals surface area contributed by atoms with E-state index in [1.807, 2.05) is 0 Å². The van der Waals surface area contributed by atoms with E-state index in [-0.39, 0.29) is 4.90 Å². The van der Waals surface area contributed by atoms with E-state index in [0.717, 1.165) is 38.5 Å². The van der Waals surface area contributed by atoms with Gasteiger partial charge < -0.3 is 4.90 Å². The van der Waals surface area contributed by atoms with Gasteiger partial charge in [0.15, 0.2) is 0 Å². The van der Waals surface area contributed by atoms with E-state index < -0.39 is 10.0 Å². The number of hydrogen-bond donors (Lipinski definition) is 0. The van der Waals surface area contributed by atoms with Crippen molar-refractivity contribution in [3.8, 4) is 0 Å². The molecule has 118 valence electrons. The van der Waals surface area contributed by atoms with Crippen LogP contribution in [0.4, 0.5) is 5.82 Å². The third kappa shape index (κ3) is 3.85. The van der Waals surface area contributed by atoms with Gasteiger partial charge in [-0.1, -0.05) is 0 Å². The molecule has 1 aliphatic heterocycles. The van der Waals surface area contributed by atoms with Crippen molar-refractivity contribution in [2.24, 2.45) is 0 Å². The van der Waals surface area contributed by atoms with Crippen LogP contribution in [0.1, 0.15) is 0 Å². The van der Waals surface area contributed by atoms with Crippen LogP contribution in [0.3, 0.4) is 0 Å². The molecule has 1 saturated heterocycles. The summed E-state index contributed by atoms with van der Waals surface area (Å²) in [6.07, 6.45) is 1.43. The second kappa shape index (κ2) is 6.91. The molecule has 0 spiro atoms. The standard InChI is InChI=1S/C13H21ClN4O2S/c1-16(2)21(19,20)12-3-4-13(15-11-12)18-9-7-17(6-5-14)8-10-18/h3-4,11H,5-10H2,1-2H3. The van der Waals surface area contributed by atoms with Gasteiger partial charge in [0.1, 0.15) is 10.7 Å². The first kappa shape index (κ1) is 16.5. The molecule has 1 aliphatic rings. The van der Waals surface area contributed by atoms with Crippen molar-refractivity contribution in [1.82, 2.24) is 14.2 Å². The Morgan fingerprint density at radius 2 is 1.90 bits per heavy atom. The first-order valence-electron chi connectivity index (χ1n) is 6.87. The lowest BCUT2D eigenvalue weighted by Crippen LogP contribution is -2.47. The number of hydrogen-bond acceptors (Lipinski definition) is 5.